The van der Waals surface area contributed by atoms with Crippen LogP contribution in [0.2, 0.25) is 5.02 Å². The van der Waals surface area contributed by atoms with E-state index in [2.05, 4.69) is 9.97 Å². The summed E-state index contributed by atoms with van der Waals surface area (Å²) in [5, 5.41) is 2.57. The minimum atomic E-state index is 0.626. The smallest absolute Gasteiger partial charge is 0.167 e. The third kappa shape index (κ3) is 2.87. The molecule has 0 aliphatic carbocycles. The van der Waals surface area contributed by atoms with Crippen LogP contribution in [-0.2, 0) is 5.75 Å². The highest BCUT2D eigenvalue weighted by molar-refractivity contribution is 7.98. The van der Waals surface area contributed by atoms with E-state index in [0.717, 1.165) is 32.4 Å². The van der Waals surface area contributed by atoms with Crippen LogP contribution in [0.15, 0.2) is 53.7 Å². The minimum Gasteiger partial charge on any atom is -0.334 e. The number of thioether (sulfide) groups is 1. The summed E-state index contributed by atoms with van der Waals surface area (Å²) in [6.07, 6.45) is 0. The number of H-pyrrole nitrogens is 1. The standard InChI is InChI=1S/C15H11ClN2S2/c16-12-7-3-1-5-10(12)9-20-15-17-13-8-4-2-6-11(13)14(19)18-15/h1-8H,9H2,(H,17,18,19). The Bertz CT molecular complexity index is 814. The molecule has 2 aromatic carbocycles. The van der Waals surface area contributed by atoms with E-state index in [4.69, 9.17) is 23.8 Å². The predicted molar refractivity (Wildman–Crippen MR) is 87.9 cm³/mol. The lowest BCUT2D eigenvalue weighted by Gasteiger charge is -2.05. The summed E-state index contributed by atoms with van der Waals surface area (Å²) in [6.45, 7) is 0. The Kier molecular flexibility index (Phi) is 4.05. The molecule has 5 heteroatoms. The molecule has 0 amide bonds. The Morgan fingerprint density at radius 3 is 2.70 bits per heavy atom. The zero-order valence-corrected chi connectivity index (χ0v) is 12.9. The summed E-state index contributed by atoms with van der Waals surface area (Å²) < 4.78 is 0.626. The minimum absolute atomic E-state index is 0.626. The van der Waals surface area contributed by atoms with Crippen LogP contribution in [-0.4, -0.2) is 9.97 Å². The fraction of sp³-hybridized carbons (Fsp3) is 0.0667. The first kappa shape index (κ1) is 13.6. The molecule has 0 saturated carbocycles. The molecule has 0 aliphatic heterocycles. The first-order chi connectivity index (χ1) is 9.74. The molecule has 0 atom stereocenters. The van der Waals surface area contributed by atoms with Gasteiger partial charge in [0.25, 0.3) is 0 Å². The van der Waals surface area contributed by atoms with Gasteiger partial charge < -0.3 is 4.98 Å². The van der Waals surface area contributed by atoms with Gasteiger partial charge in [0.2, 0.25) is 0 Å². The highest BCUT2D eigenvalue weighted by atomic mass is 35.5. The van der Waals surface area contributed by atoms with Crippen molar-refractivity contribution in [3.8, 4) is 0 Å². The zero-order valence-electron chi connectivity index (χ0n) is 10.5. The fourth-order valence-corrected chi connectivity index (χ4v) is 3.39. The molecule has 0 aliphatic rings. The van der Waals surface area contributed by atoms with Crippen molar-refractivity contribution in [3.63, 3.8) is 0 Å². The van der Waals surface area contributed by atoms with Gasteiger partial charge in [-0.2, -0.15) is 0 Å². The number of benzene rings is 2. The van der Waals surface area contributed by atoms with Crippen molar-refractivity contribution in [2.24, 2.45) is 0 Å². The Hall–Kier alpha value is -1.36. The Labute approximate surface area is 131 Å². The number of nitrogens with one attached hydrogen (secondary N) is 1. The van der Waals surface area contributed by atoms with Gasteiger partial charge in [0.1, 0.15) is 4.64 Å². The number of halogens is 1. The summed E-state index contributed by atoms with van der Waals surface area (Å²) in [4.78, 5) is 7.72. The van der Waals surface area contributed by atoms with E-state index >= 15 is 0 Å². The van der Waals surface area contributed by atoms with Gasteiger partial charge in [-0.25, -0.2) is 4.98 Å². The van der Waals surface area contributed by atoms with E-state index in [1.807, 2.05) is 48.5 Å². The average Bonchev–Trinajstić information content (AvgIpc) is 2.46. The van der Waals surface area contributed by atoms with Crippen molar-refractivity contribution in [2.45, 2.75) is 10.9 Å². The largest absolute Gasteiger partial charge is 0.334 e. The van der Waals surface area contributed by atoms with Gasteiger partial charge in [-0.3, -0.25) is 0 Å². The van der Waals surface area contributed by atoms with Crippen LogP contribution >= 0.6 is 35.6 Å². The number of hydrogen-bond donors (Lipinski definition) is 1. The molecular weight excluding hydrogens is 308 g/mol. The Balaban J connectivity index is 1.88. The van der Waals surface area contributed by atoms with Crippen LogP contribution in [0.4, 0.5) is 0 Å². The number of para-hydroxylation sites is 1. The number of aromatic nitrogens is 2. The van der Waals surface area contributed by atoms with Crippen LogP contribution in [0.3, 0.4) is 0 Å². The first-order valence-corrected chi connectivity index (χ1v) is 7.86. The van der Waals surface area contributed by atoms with Crippen molar-refractivity contribution in [1.29, 1.82) is 0 Å². The quantitative estimate of drug-likeness (QED) is 0.407. The zero-order chi connectivity index (χ0) is 13.9. The van der Waals surface area contributed by atoms with E-state index < -0.39 is 0 Å². The Morgan fingerprint density at radius 2 is 1.85 bits per heavy atom. The van der Waals surface area contributed by atoms with E-state index in [-0.39, 0.29) is 0 Å². The van der Waals surface area contributed by atoms with Crippen LogP contribution in [0.5, 0.6) is 0 Å². The van der Waals surface area contributed by atoms with E-state index in [1.54, 1.807) is 11.8 Å². The topological polar surface area (TPSA) is 28.7 Å². The predicted octanol–water partition coefficient (Wildman–Crippen LogP) is 5.24. The second-order valence-corrected chi connectivity index (χ2v) is 6.03. The number of nitrogens with zero attached hydrogens (tertiary/aromatic N) is 1. The third-order valence-electron chi connectivity index (χ3n) is 2.92. The van der Waals surface area contributed by atoms with Gasteiger partial charge in [-0.15, -0.1) is 0 Å². The SMILES string of the molecule is S=c1nc(SCc2ccccc2Cl)[nH]c2ccccc12. The number of aromatic amines is 1. The molecule has 0 spiro atoms. The molecule has 3 rings (SSSR count). The average molecular weight is 319 g/mol. The lowest BCUT2D eigenvalue weighted by molar-refractivity contribution is 0.992. The maximum absolute atomic E-state index is 6.15. The number of fused-ring (bicyclic) bond motifs is 1. The second kappa shape index (κ2) is 5.95. The molecule has 2 nitrogen and oxygen atoms in total. The van der Waals surface area contributed by atoms with Crippen molar-refractivity contribution in [2.75, 3.05) is 0 Å². The highest BCUT2D eigenvalue weighted by Crippen LogP contribution is 2.25. The molecule has 0 bridgehead atoms. The van der Waals surface area contributed by atoms with Gasteiger partial charge in [0.15, 0.2) is 5.16 Å². The summed E-state index contributed by atoms with van der Waals surface area (Å²) in [5.41, 5.74) is 2.10. The molecule has 3 aromatic rings. The molecule has 1 heterocycles. The summed E-state index contributed by atoms with van der Waals surface area (Å²) in [5.74, 6) is 0.760. The fourth-order valence-electron chi connectivity index (χ4n) is 1.90. The van der Waals surface area contributed by atoms with Crippen molar-refractivity contribution in [3.05, 3.63) is 63.8 Å². The molecule has 1 N–H and O–H groups in total. The molecule has 0 fully saturated rings. The molecule has 1 aromatic heterocycles. The van der Waals surface area contributed by atoms with E-state index in [9.17, 15) is 0 Å². The molecular formula is C15H11ClN2S2. The summed E-state index contributed by atoms with van der Waals surface area (Å²) in [7, 11) is 0. The summed E-state index contributed by atoms with van der Waals surface area (Å²) in [6, 6.07) is 15.8. The van der Waals surface area contributed by atoms with Crippen molar-refractivity contribution >= 4 is 46.5 Å². The Morgan fingerprint density at radius 1 is 1.10 bits per heavy atom. The van der Waals surface area contributed by atoms with E-state index in [1.165, 1.54) is 0 Å². The van der Waals surface area contributed by atoms with Gasteiger partial charge >= 0.3 is 0 Å². The molecule has 0 radical (unpaired) electrons. The maximum atomic E-state index is 6.15. The van der Waals surface area contributed by atoms with Gasteiger partial charge in [0.05, 0.1) is 5.52 Å². The lowest BCUT2D eigenvalue weighted by Crippen LogP contribution is -1.90. The number of rotatable bonds is 3. The monoisotopic (exact) mass is 318 g/mol. The molecule has 20 heavy (non-hydrogen) atoms. The van der Waals surface area contributed by atoms with Gasteiger partial charge in [-0.05, 0) is 23.8 Å². The van der Waals surface area contributed by atoms with Crippen LogP contribution in [0.1, 0.15) is 5.56 Å². The lowest BCUT2D eigenvalue weighted by atomic mass is 10.2. The van der Waals surface area contributed by atoms with Crippen LogP contribution in [0, 0.1) is 4.64 Å². The third-order valence-corrected chi connectivity index (χ3v) is 4.53. The second-order valence-electron chi connectivity index (χ2n) is 4.27. The molecule has 100 valence electrons. The summed E-state index contributed by atoms with van der Waals surface area (Å²) >= 11 is 13.1. The van der Waals surface area contributed by atoms with E-state index in [0.29, 0.717) is 4.64 Å². The van der Waals surface area contributed by atoms with Crippen LogP contribution < -0.4 is 0 Å². The highest BCUT2D eigenvalue weighted by Gasteiger charge is 2.04. The number of hydrogen-bond acceptors (Lipinski definition) is 3. The molecule has 0 unspecified atom stereocenters. The first-order valence-electron chi connectivity index (χ1n) is 6.09. The molecule has 0 saturated heterocycles. The van der Waals surface area contributed by atoms with Gasteiger partial charge in [-0.1, -0.05) is 65.9 Å². The van der Waals surface area contributed by atoms with Crippen molar-refractivity contribution < 1.29 is 0 Å². The van der Waals surface area contributed by atoms with Gasteiger partial charge in [0, 0.05) is 16.2 Å². The van der Waals surface area contributed by atoms with Crippen molar-refractivity contribution in [1.82, 2.24) is 9.97 Å². The maximum Gasteiger partial charge on any atom is 0.167 e. The van der Waals surface area contributed by atoms with Crippen LogP contribution in [0.25, 0.3) is 10.9 Å². The normalized spacial score (nSPS) is 10.8.